The first-order chi connectivity index (χ1) is 9.04. The number of hydrogen-bond acceptors (Lipinski definition) is 5. The third kappa shape index (κ3) is 2.30. The average molecular weight is 279 g/mol. The van der Waals surface area contributed by atoms with Crippen LogP contribution in [-0.2, 0) is 29.9 Å². The molecule has 0 atom stereocenters. The topological polar surface area (TPSA) is 89.8 Å². The van der Waals surface area contributed by atoms with Crippen LogP contribution in [0.1, 0.15) is 17.5 Å². The maximum Gasteiger partial charge on any atom is 0.277 e. The number of aryl methyl sites for hydroxylation is 3. The van der Waals surface area contributed by atoms with Crippen molar-refractivity contribution in [1.82, 2.24) is 20.2 Å². The molecule has 2 aromatic rings. The van der Waals surface area contributed by atoms with Crippen molar-refractivity contribution in [3.63, 3.8) is 0 Å². The van der Waals surface area contributed by atoms with Crippen LogP contribution in [-0.4, -0.2) is 28.6 Å². The molecule has 0 radical (unpaired) electrons. The van der Waals surface area contributed by atoms with Gasteiger partial charge in [0.2, 0.25) is 0 Å². The van der Waals surface area contributed by atoms with E-state index in [0.717, 1.165) is 24.8 Å². The lowest BCUT2D eigenvalue weighted by Gasteiger charge is -2.06. The monoisotopic (exact) mass is 279 g/mol. The number of sulfonamides is 1. The molecule has 0 saturated heterocycles. The molecule has 1 aromatic carbocycles. The van der Waals surface area contributed by atoms with Crippen molar-refractivity contribution < 1.29 is 8.42 Å². The lowest BCUT2D eigenvalue weighted by atomic mass is 10.1. The van der Waals surface area contributed by atoms with Crippen molar-refractivity contribution in [2.75, 3.05) is 4.72 Å². The fourth-order valence-electron chi connectivity index (χ4n) is 2.22. The van der Waals surface area contributed by atoms with Crippen molar-refractivity contribution in [3.05, 3.63) is 29.3 Å². The van der Waals surface area contributed by atoms with Crippen LogP contribution in [0.15, 0.2) is 23.1 Å². The van der Waals surface area contributed by atoms with Gasteiger partial charge in [-0.25, -0.2) is 13.1 Å². The summed E-state index contributed by atoms with van der Waals surface area (Å²) in [5.41, 5.74) is 2.34. The van der Waals surface area contributed by atoms with E-state index in [4.69, 9.17) is 0 Å². The number of tetrazole rings is 1. The van der Waals surface area contributed by atoms with Gasteiger partial charge in [0, 0.05) is 0 Å². The summed E-state index contributed by atoms with van der Waals surface area (Å²) in [6.07, 6.45) is 3.04. The van der Waals surface area contributed by atoms with Crippen molar-refractivity contribution in [2.45, 2.75) is 24.2 Å². The van der Waals surface area contributed by atoms with Gasteiger partial charge in [0.15, 0.2) is 0 Å². The molecule has 8 heteroatoms. The third-order valence-electron chi connectivity index (χ3n) is 3.11. The molecule has 0 unspecified atom stereocenters. The zero-order valence-corrected chi connectivity index (χ0v) is 11.2. The van der Waals surface area contributed by atoms with Crippen LogP contribution in [0.4, 0.5) is 5.95 Å². The van der Waals surface area contributed by atoms with Gasteiger partial charge in [-0.05, 0) is 47.7 Å². The molecule has 1 aliphatic carbocycles. The van der Waals surface area contributed by atoms with Crippen LogP contribution < -0.4 is 4.72 Å². The van der Waals surface area contributed by atoms with Crippen LogP contribution in [0.25, 0.3) is 0 Å². The number of rotatable bonds is 3. The van der Waals surface area contributed by atoms with Gasteiger partial charge >= 0.3 is 0 Å². The minimum absolute atomic E-state index is 0.0250. The van der Waals surface area contributed by atoms with Gasteiger partial charge < -0.3 is 0 Å². The van der Waals surface area contributed by atoms with Crippen molar-refractivity contribution in [3.8, 4) is 0 Å². The average Bonchev–Trinajstić information content (AvgIpc) is 2.96. The van der Waals surface area contributed by atoms with Crippen molar-refractivity contribution in [2.24, 2.45) is 7.05 Å². The smallest absolute Gasteiger partial charge is 0.245 e. The highest BCUT2D eigenvalue weighted by Gasteiger charge is 2.20. The molecule has 0 fully saturated rings. The van der Waals surface area contributed by atoms with Gasteiger partial charge in [0.05, 0.1) is 11.9 Å². The van der Waals surface area contributed by atoms with E-state index >= 15 is 0 Å². The zero-order chi connectivity index (χ0) is 13.5. The quantitative estimate of drug-likeness (QED) is 0.883. The Kier molecular flexibility index (Phi) is 2.74. The maximum absolute atomic E-state index is 12.2. The summed E-state index contributed by atoms with van der Waals surface area (Å²) in [5, 5.41) is 11.0. The molecule has 3 rings (SSSR count). The van der Waals surface area contributed by atoms with Crippen molar-refractivity contribution in [1.29, 1.82) is 0 Å². The molecule has 0 spiro atoms. The van der Waals surface area contributed by atoms with E-state index in [-0.39, 0.29) is 10.8 Å². The van der Waals surface area contributed by atoms with E-state index in [0.29, 0.717) is 0 Å². The lowest BCUT2D eigenvalue weighted by Crippen LogP contribution is -2.14. The Labute approximate surface area is 110 Å². The molecule has 100 valence electrons. The number of nitrogens with zero attached hydrogens (tertiary/aromatic N) is 4. The second-order valence-corrected chi connectivity index (χ2v) is 6.17. The van der Waals surface area contributed by atoms with E-state index in [1.54, 1.807) is 19.2 Å². The summed E-state index contributed by atoms with van der Waals surface area (Å²) in [6.45, 7) is 0. The van der Waals surface area contributed by atoms with Crippen LogP contribution in [0.3, 0.4) is 0 Å². The molecular weight excluding hydrogens is 266 g/mol. The van der Waals surface area contributed by atoms with Gasteiger partial charge in [-0.2, -0.15) is 4.80 Å². The van der Waals surface area contributed by atoms with E-state index in [9.17, 15) is 8.42 Å². The molecule has 19 heavy (non-hydrogen) atoms. The number of fused-ring (bicyclic) bond motifs is 1. The molecule has 1 heterocycles. The molecule has 0 bridgehead atoms. The fourth-order valence-corrected chi connectivity index (χ4v) is 3.20. The number of anilines is 1. The molecule has 1 aliphatic rings. The number of hydrogen-bond donors (Lipinski definition) is 1. The van der Waals surface area contributed by atoms with Crippen LogP contribution >= 0.6 is 0 Å². The SMILES string of the molecule is Cn1nnc(NS(=O)(=O)c2ccc3c(c2)CCC3)n1. The zero-order valence-electron chi connectivity index (χ0n) is 10.4. The highest BCUT2D eigenvalue weighted by molar-refractivity contribution is 7.92. The van der Waals surface area contributed by atoms with Crippen LogP contribution in [0.2, 0.25) is 0 Å². The first-order valence-corrected chi connectivity index (χ1v) is 7.41. The highest BCUT2D eigenvalue weighted by Crippen LogP contribution is 2.25. The van der Waals surface area contributed by atoms with Gasteiger partial charge in [-0.15, -0.1) is 5.10 Å². The highest BCUT2D eigenvalue weighted by atomic mass is 32.2. The molecule has 0 aliphatic heterocycles. The fraction of sp³-hybridized carbons (Fsp3) is 0.364. The van der Waals surface area contributed by atoms with Gasteiger partial charge in [0.25, 0.3) is 16.0 Å². The minimum atomic E-state index is -3.65. The van der Waals surface area contributed by atoms with E-state index in [1.165, 1.54) is 10.4 Å². The first-order valence-electron chi connectivity index (χ1n) is 5.93. The molecule has 0 saturated carbocycles. The van der Waals surface area contributed by atoms with E-state index in [1.807, 2.05) is 6.07 Å². The Morgan fingerprint density at radius 2 is 2.05 bits per heavy atom. The van der Waals surface area contributed by atoms with Gasteiger partial charge in [0.1, 0.15) is 0 Å². The Morgan fingerprint density at radius 1 is 1.26 bits per heavy atom. The Hall–Kier alpha value is -1.96. The largest absolute Gasteiger partial charge is 0.277 e. The molecule has 0 amide bonds. The summed E-state index contributed by atoms with van der Waals surface area (Å²) in [6, 6.07) is 5.21. The van der Waals surface area contributed by atoms with Gasteiger partial charge in [-0.3, -0.25) is 0 Å². The summed E-state index contributed by atoms with van der Waals surface area (Å²) >= 11 is 0. The molecular formula is C11H13N5O2S. The minimum Gasteiger partial charge on any atom is -0.245 e. The second kappa shape index (κ2) is 4.30. The van der Waals surface area contributed by atoms with E-state index < -0.39 is 10.0 Å². The lowest BCUT2D eigenvalue weighted by molar-refractivity contribution is 0.600. The number of aromatic nitrogens is 4. The predicted molar refractivity (Wildman–Crippen MR) is 68.1 cm³/mol. The van der Waals surface area contributed by atoms with Crippen LogP contribution in [0, 0.1) is 0 Å². The Morgan fingerprint density at radius 3 is 2.79 bits per heavy atom. The Bertz CT molecular complexity index is 722. The molecule has 7 nitrogen and oxygen atoms in total. The maximum atomic E-state index is 12.2. The standard InChI is InChI=1S/C11H13N5O2S/c1-16-13-11(12-15-16)14-19(17,18)10-6-5-8-3-2-4-9(8)7-10/h5-7H,2-4H2,1H3,(H,13,14). The summed E-state index contributed by atoms with van der Waals surface area (Å²) in [5.74, 6) is -0.0250. The van der Waals surface area contributed by atoms with Gasteiger partial charge in [-0.1, -0.05) is 11.2 Å². The summed E-state index contributed by atoms with van der Waals surface area (Å²) < 4.78 is 26.7. The number of benzene rings is 1. The summed E-state index contributed by atoms with van der Waals surface area (Å²) in [4.78, 5) is 1.43. The third-order valence-corrected chi connectivity index (χ3v) is 4.44. The second-order valence-electron chi connectivity index (χ2n) is 4.49. The van der Waals surface area contributed by atoms with Crippen molar-refractivity contribution >= 4 is 16.0 Å². The normalized spacial score (nSPS) is 14.4. The Balaban J connectivity index is 1.92. The summed E-state index contributed by atoms with van der Waals surface area (Å²) in [7, 11) is -2.08. The van der Waals surface area contributed by atoms with Crippen LogP contribution in [0.5, 0.6) is 0 Å². The van der Waals surface area contributed by atoms with E-state index in [2.05, 4.69) is 20.1 Å². The number of nitrogens with one attached hydrogen (secondary N) is 1. The first kappa shape index (κ1) is 12.1. The molecule has 1 aromatic heterocycles. The predicted octanol–water partition coefficient (Wildman–Crippen LogP) is 0.500. The molecule has 1 N–H and O–H groups in total.